The van der Waals surface area contributed by atoms with Crippen LogP contribution in [0.4, 0.5) is 0 Å². The first-order chi connectivity index (χ1) is 8.24. The van der Waals surface area contributed by atoms with Gasteiger partial charge in [-0.05, 0) is 37.1 Å². The zero-order valence-electron chi connectivity index (χ0n) is 11.8. The highest BCUT2D eigenvalue weighted by atomic mass is 32.2. The Bertz CT molecular complexity index is 341. The lowest BCUT2D eigenvalue weighted by atomic mass is 9.93. The molecule has 0 aliphatic carbocycles. The Labute approximate surface area is 111 Å². The monoisotopic (exact) mass is 277 g/mol. The summed E-state index contributed by atoms with van der Waals surface area (Å²) in [6, 6.07) is 0. The van der Waals surface area contributed by atoms with Crippen molar-refractivity contribution in [1.82, 2.24) is 9.03 Å². The van der Waals surface area contributed by atoms with Gasteiger partial charge in [-0.25, -0.2) is 4.72 Å². The van der Waals surface area contributed by atoms with E-state index in [0.717, 1.165) is 19.3 Å². The number of hydrogen-bond donors (Lipinski definition) is 2. The molecule has 1 aliphatic heterocycles. The van der Waals surface area contributed by atoms with Gasteiger partial charge in [0.2, 0.25) is 0 Å². The lowest BCUT2D eigenvalue weighted by Gasteiger charge is -2.30. The molecule has 0 amide bonds. The number of nitrogens with two attached hydrogens (primary N) is 1. The Morgan fingerprint density at radius 3 is 2.28 bits per heavy atom. The number of nitrogens with zero attached hydrogens (tertiary/aromatic N) is 1. The Kier molecular flexibility index (Phi) is 5.58. The first-order valence-corrected chi connectivity index (χ1v) is 8.13. The summed E-state index contributed by atoms with van der Waals surface area (Å²) < 4.78 is 28.3. The molecule has 0 radical (unpaired) electrons. The van der Waals surface area contributed by atoms with Gasteiger partial charge in [-0.2, -0.15) is 12.7 Å². The van der Waals surface area contributed by atoms with Crippen molar-refractivity contribution >= 4 is 10.2 Å². The molecule has 0 aromatic rings. The molecule has 0 atom stereocenters. The molecule has 0 aromatic heterocycles. The van der Waals surface area contributed by atoms with E-state index in [-0.39, 0.29) is 5.41 Å². The second kappa shape index (κ2) is 6.32. The van der Waals surface area contributed by atoms with Gasteiger partial charge >= 0.3 is 0 Å². The fourth-order valence-electron chi connectivity index (χ4n) is 2.03. The standard InChI is InChI=1S/C12H27N3O2S/c1-12(2,3)6-7-14-18(16,17)15-8-4-11(10-13)5-9-15/h11,14H,4-10,13H2,1-3H3. The molecule has 0 aromatic carbocycles. The Morgan fingerprint density at radius 1 is 1.28 bits per heavy atom. The maximum atomic E-state index is 12.1. The van der Waals surface area contributed by atoms with E-state index in [2.05, 4.69) is 25.5 Å². The molecule has 3 N–H and O–H groups in total. The Morgan fingerprint density at radius 2 is 1.83 bits per heavy atom. The summed E-state index contributed by atoms with van der Waals surface area (Å²) in [4.78, 5) is 0. The lowest BCUT2D eigenvalue weighted by molar-refractivity contribution is 0.274. The van der Waals surface area contributed by atoms with Crippen LogP contribution in [0.2, 0.25) is 0 Å². The van der Waals surface area contributed by atoms with Gasteiger partial charge in [0.25, 0.3) is 10.2 Å². The summed E-state index contributed by atoms with van der Waals surface area (Å²) in [5.74, 6) is 0.478. The average molecular weight is 277 g/mol. The molecule has 5 nitrogen and oxygen atoms in total. The number of nitrogens with one attached hydrogen (secondary N) is 1. The molecule has 0 spiro atoms. The van der Waals surface area contributed by atoms with Gasteiger partial charge in [-0.3, -0.25) is 0 Å². The maximum Gasteiger partial charge on any atom is 0.279 e. The van der Waals surface area contributed by atoms with E-state index in [1.807, 2.05) is 0 Å². The number of piperidine rings is 1. The fraction of sp³-hybridized carbons (Fsp3) is 1.00. The smallest absolute Gasteiger partial charge is 0.279 e. The van der Waals surface area contributed by atoms with Gasteiger partial charge in [0.1, 0.15) is 0 Å². The van der Waals surface area contributed by atoms with Crippen LogP contribution in [0.5, 0.6) is 0 Å². The normalized spacial score (nSPS) is 20.2. The van der Waals surface area contributed by atoms with Gasteiger partial charge in [0, 0.05) is 19.6 Å². The van der Waals surface area contributed by atoms with E-state index in [0.29, 0.717) is 32.1 Å². The van der Waals surface area contributed by atoms with Crippen molar-refractivity contribution in [2.24, 2.45) is 17.1 Å². The molecule has 0 bridgehead atoms. The topological polar surface area (TPSA) is 75.4 Å². The molecular weight excluding hydrogens is 250 g/mol. The molecule has 1 rings (SSSR count). The highest BCUT2D eigenvalue weighted by Crippen LogP contribution is 2.19. The first-order valence-electron chi connectivity index (χ1n) is 6.69. The van der Waals surface area contributed by atoms with Crippen LogP contribution in [0.1, 0.15) is 40.0 Å². The van der Waals surface area contributed by atoms with Crippen LogP contribution >= 0.6 is 0 Å². The summed E-state index contributed by atoms with van der Waals surface area (Å²) in [5, 5.41) is 0. The second-order valence-electron chi connectivity index (χ2n) is 6.29. The third-order valence-electron chi connectivity index (χ3n) is 3.41. The van der Waals surface area contributed by atoms with Crippen LogP contribution in [0.3, 0.4) is 0 Å². The van der Waals surface area contributed by atoms with Crippen molar-refractivity contribution in [3.05, 3.63) is 0 Å². The van der Waals surface area contributed by atoms with Crippen LogP contribution in [0, 0.1) is 11.3 Å². The largest absolute Gasteiger partial charge is 0.330 e. The lowest BCUT2D eigenvalue weighted by Crippen LogP contribution is -2.46. The van der Waals surface area contributed by atoms with Crippen molar-refractivity contribution in [2.45, 2.75) is 40.0 Å². The highest BCUT2D eigenvalue weighted by molar-refractivity contribution is 7.87. The van der Waals surface area contributed by atoms with Crippen LogP contribution < -0.4 is 10.5 Å². The predicted molar refractivity (Wildman–Crippen MR) is 74.3 cm³/mol. The van der Waals surface area contributed by atoms with Gasteiger partial charge in [0.15, 0.2) is 0 Å². The third-order valence-corrected chi connectivity index (χ3v) is 5.02. The average Bonchev–Trinajstić information content (AvgIpc) is 2.27. The summed E-state index contributed by atoms with van der Waals surface area (Å²) in [6.45, 7) is 8.66. The fourth-order valence-corrected chi connectivity index (χ4v) is 3.27. The van der Waals surface area contributed by atoms with Crippen molar-refractivity contribution in [2.75, 3.05) is 26.2 Å². The molecule has 1 heterocycles. The van der Waals surface area contributed by atoms with Gasteiger partial charge in [-0.1, -0.05) is 20.8 Å². The summed E-state index contributed by atoms with van der Waals surface area (Å²) in [6.07, 6.45) is 2.58. The van der Waals surface area contributed by atoms with E-state index in [1.165, 1.54) is 0 Å². The zero-order valence-corrected chi connectivity index (χ0v) is 12.6. The summed E-state index contributed by atoms with van der Waals surface area (Å²) >= 11 is 0. The second-order valence-corrected chi connectivity index (χ2v) is 8.04. The SMILES string of the molecule is CC(C)(C)CCNS(=O)(=O)N1CCC(CN)CC1. The van der Waals surface area contributed by atoms with Crippen LogP contribution in [-0.4, -0.2) is 38.9 Å². The van der Waals surface area contributed by atoms with Crippen LogP contribution in [-0.2, 0) is 10.2 Å². The number of rotatable bonds is 5. The first kappa shape index (κ1) is 15.9. The maximum absolute atomic E-state index is 12.1. The molecule has 6 heteroatoms. The Hall–Kier alpha value is -0.170. The van der Waals surface area contributed by atoms with E-state index < -0.39 is 10.2 Å². The van der Waals surface area contributed by atoms with Crippen LogP contribution in [0.15, 0.2) is 0 Å². The van der Waals surface area contributed by atoms with E-state index in [1.54, 1.807) is 4.31 Å². The van der Waals surface area contributed by atoms with Gasteiger partial charge < -0.3 is 5.73 Å². The van der Waals surface area contributed by atoms with E-state index >= 15 is 0 Å². The molecule has 1 saturated heterocycles. The molecular formula is C12H27N3O2S. The summed E-state index contributed by atoms with van der Waals surface area (Å²) in [7, 11) is -3.29. The molecule has 0 saturated carbocycles. The van der Waals surface area contributed by atoms with Crippen molar-refractivity contribution < 1.29 is 8.42 Å². The minimum Gasteiger partial charge on any atom is -0.330 e. The molecule has 1 fully saturated rings. The van der Waals surface area contributed by atoms with Crippen LogP contribution in [0.25, 0.3) is 0 Å². The van der Waals surface area contributed by atoms with Crippen molar-refractivity contribution in [3.63, 3.8) is 0 Å². The molecule has 1 aliphatic rings. The summed E-state index contributed by atoms with van der Waals surface area (Å²) in [5.41, 5.74) is 5.75. The van der Waals surface area contributed by atoms with Gasteiger partial charge in [0.05, 0.1) is 0 Å². The minimum absolute atomic E-state index is 0.148. The predicted octanol–water partition coefficient (Wildman–Crippen LogP) is 0.928. The molecule has 0 unspecified atom stereocenters. The quantitative estimate of drug-likeness (QED) is 0.785. The third kappa shape index (κ3) is 5.22. The van der Waals surface area contributed by atoms with Crippen molar-refractivity contribution in [1.29, 1.82) is 0 Å². The minimum atomic E-state index is -3.29. The number of hydrogen-bond acceptors (Lipinski definition) is 3. The van der Waals surface area contributed by atoms with E-state index in [9.17, 15) is 8.42 Å². The van der Waals surface area contributed by atoms with Gasteiger partial charge in [-0.15, -0.1) is 0 Å². The Balaban J connectivity index is 2.40. The zero-order chi connectivity index (χ0) is 13.8. The van der Waals surface area contributed by atoms with Crippen molar-refractivity contribution in [3.8, 4) is 0 Å². The van der Waals surface area contributed by atoms with E-state index in [4.69, 9.17) is 5.73 Å². The molecule has 108 valence electrons. The molecule has 18 heavy (non-hydrogen) atoms. The highest BCUT2D eigenvalue weighted by Gasteiger charge is 2.27.